The maximum Gasteiger partial charge on any atom is 0.248 e. The molecular formula is C21H22N2O. The molecule has 3 nitrogen and oxygen atoms in total. The van der Waals surface area contributed by atoms with Gasteiger partial charge in [-0.2, -0.15) is 0 Å². The Labute approximate surface area is 143 Å². The first-order chi connectivity index (χ1) is 11.8. The summed E-state index contributed by atoms with van der Waals surface area (Å²) in [5.74, 6) is 1.12. The van der Waals surface area contributed by atoms with Crippen molar-refractivity contribution in [3.63, 3.8) is 0 Å². The van der Waals surface area contributed by atoms with Crippen LogP contribution in [0.25, 0.3) is 23.1 Å². The highest BCUT2D eigenvalue weighted by atomic mass is 16.4. The minimum atomic E-state index is 0.556. The van der Waals surface area contributed by atoms with Gasteiger partial charge in [-0.3, -0.25) is 0 Å². The number of aryl methyl sites for hydroxylation is 1. The van der Waals surface area contributed by atoms with Gasteiger partial charge in [-0.05, 0) is 43.0 Å². The Hall–Kier alpha value is -2.68. The molecule has 122 valence electrons. The maximum absolute atomic E-state index is 5.84. The number of benzene rings is 2. The molecule has 0 fully saturated rings. The number of aromatic nitrogens is 2. The Morgan fingerprint density at radius 1 is 1.00 bits per heavy atom. The average Bonchev–Trinajstić information content (AvgIpc) is 3.08. The van der Waals surface area contributed by atoms with Gasteiger partial charge in [0.15, 0.2) is 0 Å². The van der Waals surface area contributed by atoms with Crippen molar-refractivity contribution in [3.8, 4) is 11.5 Å². The van der Waals surface area contributed by atoms with E-state index in [1.807, 2.05) is 36.4 Å². The van der Waals surface area contributed by atoms with E-state index in [0.717, 1.165) is 24.8 Å². The summed E-state index contributed by atoms with van der Waals surface area (Å²) in [5, 5.41) is 8.38. The normalized spacial score (nSPS) is 11.7. The third-order valence-corrected chi connectivity index (χ3v) is 3.98. The SMILES string of the molecule is CCCC/C(=C\c1nnc(-c2ccc(C)cc2)o1)c1ccccc1. The zero-order valence-corrected chi connectivity index (χ0v) is 14.2. The van der Waals surface area contributed by atoms with Crippen LogP contribution in [0.2, 0.25) is 0 Å². The highest BCUT2D eigenvalue weighted by Gasteiger charge is 2.09. The summed E-state index contributed by atoms with van der Waals surface area (Å²) in [6.07, 6.45) is 5.31. The molecule has 0 atom stereocenters. The molecule has 0 aliphatic carbocycles. The molecule has 0 aliphatic heterocycles. The van der Waals surface area contributed by atoms with E-state index in [9.17, 15) is 0 Å². The molecule has 0 saturated carbocycles. The third-order valence-electron chi connectivity index (χ3n) is 3.98. The lowest BCUT2D eigenvalue weighted by molar-refractivity contribution is 0.557. The molecule has 0 spiro atoms. The van der Waals surface area contributed by atoms with E-state index in [2.05, 4.69) is 48.3 Å². The van der Waals surface area contributed by atoms with Crippen LogP contribution in [-0.4, -0.2) is 10.2 Å². The topological polar surface area (TPSA) is 38.9 Å². The first-order valence-electron chi connectivity index (χ1n) is 8.43. The van der Waals surface area contributed by atoms with E-state index in [0.29, 0.717) is 11.8 Å². The summed E-state index contributed by atoms with van der Waals surface area (Å²) in [6.45, 7) is 4.26. The van der Waals surface area contributed by atoms with Crippen molar-refractivity contribution in [2.24, 2.45) is 0 Å². The lowest BCUT2D eigenvalue weighted by atomic mass is 10.00. The number of hydrogen-bond acceptors (Lipinski definition) is 3. The monoisotopic (exact) mass is 318 g/mol. The Kier molecular flexibility index (Phi) is 5.22. The van der Waals surface area contributed by atoms with E-state index in [1.54, 1.807) is 0 Å². The Bertz CT molecular complexity index is 801. The fraction of sp³-hybridized carbons (Fsp3) is 0.238. The molecule has 3 heteroatoms. The quantitative estimate of drug-likeness (QED) is 0.578. The molecule has 3 aromatic rings. The van der Waals surface area contributed by atoms with Gasteiger partial charge in [0.25, 0.3) is 0 Å². The zero-order chi connectivity index (χ0) is 16.8. The van der Waals surface area contributed by atoms with Crippen molar-refractivity contribution in [2.45, 2.75) is 33.1 Å². The molecule has 0 N–H and O–H groups in total. The van der Waals surface area contributed by atoms with Crippen molar-refractivity contribution >= 4 is 11.6 Å². The van der Waals surface area contributed by atoms with Crippen LogP contribution in [0.1, 0.15) is 43.2 Å². The number of hydrogen-bond donors (Lipinski definition) is 0. The van der Waals surface area contributed by atoms with Crippen LogP contribution in [0.4, 0.5) is 0 Å². The van der Waals surface area contributed by atoms with Crippen LogP contribution in [0.15, 0.2) is 59.0 Å². The Balaban J connectivity index is 1.88. The van der Waals surface area contributed by atoms with Gasteiger partial charge >= 0.3 is 0 Å². The van der Waals surface area contributed by atoms with E-state index in [-0.39, 0.29) is 0 Å². The van der Waals surface area contributed by atoms with E-state index < -0.39 is 0 Å². The van der Waals surface area contributed by atoms with Crippen molar-refractivity contribution in [1.29, 1.82) is 0 Å². The van der Waals surface area contributed by atoms with Crippen LogP contribution in [0.3, 0.4) is 0 Å². The first kappa shape index (κ1) is 16.2. The Morgan fingerprint density at radius 2 is 1.75 bits per heavy atom. The van der Waals surface area contributed by atoms with E-state index >= 15 is 0 Å². The lowest BCUT2D eigenvalue weighted by Gasteiger charge is -2.06. The van der Waals surface area contributed by atoms with Gasteiger partial charge < -0.3 is 4.42 Å². The van der Waals surface area contributed by atoms with Crippen molar-refractivity contribution in [3.05, 3.63) is 71.6 Å². The first-order valence-corrected chi connectivity index (χ1v) is 8.43. The molecule has 0 radical (unpaired) electrons. The van der Waals surface area contributed by atoms with E-state index in [4.69, 9.17) is 4.42 Å². The molecular weight excluding hydrogens is 296 g/mol. The molecule has 0 bridgehead atoms. The van der Waals surface area contributed by atoms with Crippen molar-refractivity contribution in [2.75, 3.05) is 0 Å². The van der Waals surface area contributed by atoms with Gasteiger partial charge in [0.05, 0.1) is 0 Å². The highest BCUT2D eigenvalue weighted by Crippen LogP contribution is 2.25. The van der Waals surface area contributed by atoms with E-state index in [1.165, 1.54) is 16.7 Å². The molecule has 1 heterocycles. The average molecular weight is 318 g/mol. The summed E-state index contributed by atoms with van der Waals surface area (Å²) >= 11 is 0. The van der Waals surface area contributed by atoms with Crippen LogP contribution in [0, 0.1) is 6.92 Å². The zero-order valence-electron chi connectivity index (χ0n) is 14.2. The minimum Gasteiger partial charge on any atom is -0.417 e. The summed E-state index contributed by atoms with van der Waals surface area (Å²) in [4.78, 5) is 0. The fourth-order valence-electron chi connectivity index (χ4n) is 2.57. The van der Waals surface area contributed by atoms with Crippen molar-refractivity contribution in [1.82, 2.24) is 10.2 Å². The Morgan fingerprint density at radius 3 is 2.46 bits per heavy atom. The smallest absolute Gasteiger partial charge is 0.248 e. The van der Waals surface area contributed by atoms with Gasteiger partial charge in [-0.1, -0.05) is 61.4 Å². The van der Waals surface area contributed by atoms with Gasteiger partial charge in [-0.25, -0.2) is 0 Å². The van der Waals surface area contributed by atoms with Crippen LogP contribution < -0.4 is 0 Å². The van der Waals surface area contributed by atoms with Gasteiger partial charge in [0, 0.05) is 11.6 Å². The molecule has 0 unspecified atom stereocenters. The lowest BCUT2D eigenvalue weighted by Crippen LogP contribution is -1.86. The summed E-state index contributed by atoms with van der Waals surface area (Å²) < 4.78 is 5.84. The van der Waals surface area contributed by atoms with Crippen LogP contribution in [-0.2, 0) is 0 Å². The molecule has 24 heavy (non-hydrogen) atoms. The molecule has 0 amide bonds. The van der Waals surface area contributed by atoms with Crippen LogP contribution in [0.5, 0.6) is 0 Å². The minimum absolute atomic E-state index is 0.556. The number of nitrogens with zero attached hydrogens (tertiary/aromatic N) is 2. The second-order valence-electron chi connectivity index (χ2n) is 5.95. The molecule has 2 aromatic carbocycles. The van der Waals surface area contributed by atoms with Crippen LogP contribution >= 0.6 is 0 Å². The molecule has 1 aromatic heterocycles. The summed E-state index contributed by atoms with van der Waals surface area (Å²) in [7, 11) is 0. The second-order valence-corrected chi connectivity index (χ2v) is 5.95. The standard InChI is InChI=1S/C21H22N2O/c1-3-4-8-19(17-9-6-5-7-10-17)15-20-22-23-21(24-20)18-13-11-16(2)12-14-18/h5-7,9-15H,3-4,8H2,1-2H3/b19-15+. The predicted octanol–water partition coefficient (Wildman–Crippen LogP) is 5.78. The maximum atomic E-state index is 5.84. The summed E-state index contributed by atoms with van der Waals surface area (Å²) in [5.41, 5.74) is 4.60. The van der Waals surface area contributed by atoms with Gasteiger partial charge in [0.2, 0.25) is 11.8 Å². The molecule has 0 aliphatic rings. The van der Waals surface area contributed by atoms with Gasteiger partial charge in [-0.15, -0.1) is 10.2 Å². The highest BCUT2D eigenvalue weighted by molar-refractivity contribution is 5.79. The molecule has 3 rings (SSSR count). The number of rotatable bonds is 6. The van der Waals surface area contributed by atoms with Gasteiger partial charge in [0.1, 0.15) is 0 Å². The predicted molar refractivity (Wildman–Crippen MR) is 98.3 cm³/mol. The molecule has 0 saturated heterocycles. The largest absolute Gasteiger partial charge is 0.417 e. The number of allylic oxidation sites excluding steroid dienone is 1. The fourth-order valence-corrected chi connectivity index (χ4v) is 2.57. The third kappa shape index (κ3) is 3.99. The number of unbranched alkanes of at least 4 members (excludes halogenated alkanes) is 1. The van der Waals surface area contributed by atoms with Crippen molar-refractivity contribution < 1.29 is 4.42 Å². The second kappa shape index (κ2) is 7.73. The summed E-state index contributed by atoms with van der Waals surface area (Å²) in [6, 6.07) is 18.5.